The Balaban J connectivity index is 1.40. The number of halogens is 3. The van der Waals surface area contributed by atoms with Crippen LogP contribution in [0.4, 0.5) is 24.7 Å². The minimum Gasteiger partial charge on any atom is -0.383 e. The van der Waals surface area contributed by atoms with E-state index in [2.05, 4.69) is 15.3 Å². The molecule has 1 fully saturated rings. The van der Waals surface area contributed by atoms with Crippen molar-refractivity contribution in [1.29, 1.82) is 0 Å². The second-order valence-corrected chi connectivity index (χ2v) is 8.70. The lowest BCUT2D eigenvalue weighted by Gasteiger charge is -2.10. The number of fused-ring (bicyclic) bond motifs is 1. The van der Waals surface area contributed by atoms with E-state index in [9.17, 15) is 18.0 Å². The molecule has 0 radical (unpaired) electrons. The number of hydrogen-bond acceptors (Lipinski definition) is 5. The molecule has 1 aliphatic carbocycles. The van der Waals surface area contributed by atoms with Crippen LogP contribution in [0.3, 0.4) is 0 Å². The first-order valence-electron chi connectivity index (χ1n) is 11.3. The van der Waals surface area contributed by atoms with Gasteiger partial charge in [-0.2, -0.15) is 18.3 Å². The molecule has 0 saturated heterocycles. The van der Waals surface area contributed by atoms with Gasteiger partial charge in [0, 0.05) is 17.7 Å². The van der Waals surface area contributed by atoms with E-state index < -0.39 is 17.6 Å². The number of nitrogens with zero attached hydrogens (tertiary/aromatic N) is 4. The van der Waals surface area contributed by atoms with Gasteiger partial charge in [0.15, 0.2) is 5.65 Å². The zero-order valence-corrected chi connectivity index (χ0v) is 18.7. The van der Waals surface area contributed by atoms with E-state index >= 15 is 0 Å². The van der Waals surface area contributed by atoms with Crippen LogP contribution in [0.2, 0.25) is 0 Å². The van der Waals surface area contributed by atoms with Gasteiger partial charge in [0.1, 0.15) is 12.1 Å². The van der Waals surface area contributed by atoms with Crippen molar-refractivity contribution in [3.63, 3.8) is 0 Å². The van der Waals surface area contributed by atoms with Crippen molar-refractivity contribution >= 4 is 28.4 Å². The molecule has 7 nitrogen and oxygen atoms in total. The maximum absolute atomic E-state index is 13.0. The summed E-state index contributed by atoms with van der Waals surface area (Å²) in [6.45, 7) is 0. The third-order valence-corrected chi connectivity index (χ3v) is 6.27. The van der Waals surface area contributed by atoms with Crippen LogP contribution in [0.15, 0.2) is 54.9 Å². The number of amides is 1. The Morgan fingerprint density at radius 3 is 2.63 bits per heavy atom. The Hall–Kier alpha value is -3.95. The van der Waals surface area contributed by atoms with Crippen molar-refractivity contribution in [3.8, 4) is 0 Å². The number of alkyl halides is 3. The van der Waals surface area contributed by atoms with Crippen LogP contribution < -0.4 is 11.1 Å². The molecule has 2 aromatic carbocycles. The van der Waals surface area contributed by atoms with Crippen molar-refractivity contribution in [2.24, 2.45) is 0 Å². The SMILES string of the molecule is Nc1ncnc2c1c(Cc1cccc(NC(=O)c3cccc(C(F)(F)F)c3)c1)nn2C1CCCC1. The zero-order chi connectivity index (χ0) is 24.6. The summed E-state index contributed by atoms with van der Waals surface area (Å²) in [5.41, 5.74) is 8.02. The predicted octanol–water partition coefficient (Wildman–Crippen LogP) is 5.39. The van der Waals surface area contributed by atoms with Gasteiger partial charge in [-0.3, -0.25) is 4.79 Å². The largest absolute Gasteiger partial charge is 0.416 e. The minimum atomic E-state index is -4.52. The lowest BCUT2D eigenvalue weighted by molar-refractivity contribution is -0.137. The molecule has 2 heterocycles. The number of aromatic nitrogens is 4. The van der Waals surface area contributed by atoms with Gasteiger partial charge in [-0.25, -0.2) is 14.6 Å². The third-order valence-electron chi connectivity index (χ3n) is 6.27. The van der Waals surface area contributed by atoms with Crippen LogP contribution in [0, 0.1) is 0 Å². The van der Waals surface area contributed by atoms with Gasteiger partial charge in [0.2, 0.25) is 0 Å². The number of hydrogen-bond donors (Lipinski definition) is 2. The highest BCUT2D eigenvalue weighted by atomic mass is 19.4. The molecule has 180 valence electrons. The molecule has 3 N–H and O–H groups in total. The molecule has 10 heteroatoms. The molecular formula is C25H23F3N6O. The molecule has 1 saturated carbocycles. The van der Waals surface area contributed by atoms with Gasteiger partial charge in [0.05, 0.1) is 22.7 Å². The number of rotatable bonds is 5. The quantitative estimate of drug-likeness (QED) is 0.399. The molecule has 5 rings (SSSR count). The molecule has 1 aliphatic rings. The average molecular weight is 480 g/mol. The molecule has 0 spiro atoms. The van der Waals surface area contributed by atoms with Gasteiger partial charge in [0.25, 0.3) is 5.91 Å². The van der Waals surface area contributed by atoms with E-state index in [0.717, 1.165) is 54.5 Å². The van der Waals surface area contributed by atoms with Crippen molar-refractivity contribution in [1.82, 2.24) is 19.7 Å². The van der Waals surface area contributed by atoms with Gasteiger partial charge < -0.3 is 11.1 Å². The first-order chi connectivity index (χ1) is 16.8. The highest BCUT2D eigenvalue weighted by molar-refractivity contribution is 6.04. The molecule has 0 aliphatic heterocycles. The molecule has 35 heavy (non-hydrogen) atoms. The Bertz CT molecular complexity index is 1390. The van der Waals surface area contributed by atoms with Crippen molar-refractivity contribution in [2.45, 2.75) is 44.3 Å². The van der Waals surface area contributed by atoms with Crippen molar-refractivity contribution < 1.29 is 18.0 Å². The highest BCUT2D eigenvalue weighted by Gasteiger charge is 2.31. The number of nitrogen functional groups attached to an aromatic ring is 1. The van der Waals surface area contributed by atoms with Crippen LogP contribution in [-0.4, -0.2) is 25.7 Å². The fraction of sp³-hybridized carbons (Fsp3) is 0.280. The lowest BCUT2D eigenvalue weighted by atomic mass is 10.1. The Kier molecular flexibility index (Phi) is 5.88. The monoisotopic (exact) mass is 480 g/mol. The van der Waals surface area contributed by atoms with Crippen LogP contribution in [0.1, 0.15) is 58.9 Å². The van der Waals surface area contributed by atoms with E-state index in [-0.39, 0.29) is 11.6 Å². The Labute approximate surface area is 199 Å². The fourth-order valence-electron chi connectivity index (χ4n) is 4.59. The molecule has 0 unspecified atom stereocenters. The second-order valence-electron chi connectivity index (χ2n) is 8.70. The molecule has 0 atom stereocenters. The van der Waals surface area contributed by atoms with Gasteiger partial charge >= 0.3 is 6.18 Å². The summed E-state index contributed by atoms with van der Waals surface area (Å²) in [6.07, 6.45) is 1.73. The Morgan fingerprint density at radius 1 is 1.09 bits per heavy atom. The number of nitrogens with one attached hydrogen (secondary N) is 1. The lowest BCUT2D eigenvalue weighted by Crippen LogP contribution is -2.14. The first-order valence-corrected chi connectivity index (χ1v) is 11.3. The van der Waals surface area contributed by atoms with E-state index in [4.69, 9.17) is 10.8 Å². The van der Waals surface area contributed by atoms with Crippen LogP contribution >= 0.6 is 0 Å². The molecule has 0 bridgehead atoms. The van der Waals surface area contributed by atoms with Crippen molar-refractivity contribution in [2.75, 3.05) is 11.1 Å². The summed E-state index contributed by atoms with van der Waals surface area (Å²) >= 11 is 0. The first kappa shape index (κ1) is 22.8. The van der Waals surface area contributed by atoms with Gasteiger partial charge in [-0.15, -0.1) is 0 Å². The normalized spacial score (nSPS) is 14.5. The standard InChI is InChI=1S/C25H23F3N6O/c26-25(27,28)17-7-4-6-16(13-17)24(35)32-18-8-3-5-15(11-18)12-20-21-22(29)30-14-31-23(21)34(33-20)19-9-1-2-10-19/h3-8,11,13-14,19H,1-2,9-10,12H2,(H,32,35)(H2,29,30,31). The summed E-state index contributed by atoms with van der Waals surface area (Å²) in [7, 11) is 0. The maximum atomic E-state index is 13.0. The zero-order valence-electron chi connectivity index (χ0n) is 18.7. The number of carbonyl (C=O) groups excluding carboxylic acids is 1. The smallest absolute Gasteiger partial charge is 0.383 e. The fourth-order valence-corrected chi connectivity index (χ4v) is 4.59. The number of anilines is 2. The molecular weight excluding hydrogens is 457 g/mol. The van der Waals surface area contributed by atoms with Crippen molar-refractivity contribution in [3.05, 3.63) is 77.2 Å². The second kappa shape index (κ2) is 9.01. The topological polar surface area (TPSA) is 98.7 Å². The summed E-state index contributed by atoms with van der Waals surface area (Å²) in [5, 5.41) is 8.24. The number of benzene rings is 2. The summed E-state index contributed by atoms with van der Waals surface area (Å²) in [5.74, 6) is -0.259. The maximum Gasteiger partial charge on any atom is 0.416 e. The van der Waals surface area contributed by atoms with E-state index in [0.29, 0.717) is 23.6 Å². The van der Waals surface area contributed by atoms with Gasteiger partial charge in [-0.05, 0) is 48.7 Å². The number of nitrogens with two attached hydrogens (primary N) is 1. The average Bonchev–Trinajstić information content (AvgIpc) is 3.48. The van der Waals surface area contributed by atoms with E-state index in [1.165, 1.54) is 18.5 Å². The summed E-state index contributed by atoms with van der Waals surface area (Å²) in [6, 6.07) is 11.7. The Morgan fingerprint density at radius 2 is 1.86 bits per heavy atom. The molecule has 4 aromatic rings. The highest BCUT2D eigenvalue weighted by Crippen LogP contribution is 2.34. The molecule has 2 aromatic heterocycles. The molecule has 1 amide bonds. The van der Waals surface area contributed by atoms with E-state index in [1.807, 2.05) is 10.7 Å². The van der Waals surface area contributed by atoms with Crippen LogP contribution in [0.25, 0.3) is 11.0 Å². The van der Waals surface area contributed by atoms with Gasteiger partial charge in [-0.1, -0.05) is 31.0 Å². The van der Waals surface area contributed by atoms with E-state index in [1.54, 1.807) is 18.2 Å². The van der Waals surface area contributed by atoms with Crippen LogP contribution in [-0.2, 0) is 12.6 Å². The predicted molar refractivity (Wildman–Crippen MR) is 126 cm³/mol. The summed E-state index contributed by atoms with van der Waals surface area (Å²) in [4.78, 5) is 21.2. The minimum absolute atomic E-state index is 0.0727. The third kappa shape index (κ3) is 4.68. The number of carbonyl (C=O) groups is 1. The summed E-state index contributed by atoms with van der Waals surface area (Å²) < 4.78 is 41.0. The van der Waals surface area contributed by atoms with Crippen LogP contribution in [0.5, 0.6) is 0 Å².